The number of aliphatic hydroxyl groups excluding tert-OH is 1. The SMILES string of the molecule is COc1cccc(C(CN)C(O)c2ccc(C)c(Cl)c2)c1. The van der Waals surface area contributed by atoms with E-state index in [1.54, 1.807) is 13.2 Å². The van der Waals surface area contributed by atoms with Crippen LogP contribution in [0, 0.1) is 6.92 Å². The van der Waals surface area contributed by atoms with Crippen molar-refractivity contribution in [3.05, 3.63) is 64.2 Å². The van der Waals surface area contributed by atoms with E-state index < -0.39 is 6.10 Å². The zero-order valence-corrected chi connectivity index (χ0v) is 13.0. The quantitative estimate of drug-likeness (QED) is 0.890. The van der Waals surface area contributed by atoms with Gasteiger partial charge in [-0.05, 0) is 41.8 Å². The third kappa shape index (κ3) is 3.56. The summed E-state index contributed by atoms with van der Waals surface area (Å²) in [5.74, 6) is 0.541. The maximum absolute atomic E-state index is 10.6. The third-order valence-electron chi connectivity index (χ3n) is 3.69. The second-order valence-electron chi connectivity index (χ2n) is 5.07. The number of aryl methyl sites for hydroxylation is 1. The molecule has 0 saturated carbocycles. The molecule has 0 aliphatic rings. The minimum absolute atomic E-state index is 0.209. The fraction of sp³-hybridized carbons (Fsp3) is 0.294. The Labute approximate surface area is 130 Å². The number of halogens is 1. The van der Waals surface area contributed by atoms with Gasteiger partial charge in [0.2, 0.25) is 0 Å². The minimum Gasteiger partial charge on any atom is -0.497 e. The highest BCUT2D eigenvalue weighted by Crippen LogP contribution is 2.33. The molecule has 4 heteroatoms. The summed E-state index contributed by atoms with van der Waals surface area (Å²) in [4.78, 5) is 0. The lowest BCUT2D eigenvalue weighted by Gasteiger charge is -2.23. The van der Waals surface area contributed by atoms with Crippen LogP contribution in [0.3, 0.4) is 0 Å². The van der Waals surface area contributed by atoms with Crippen LogP contribution in [-0.4, -0.2) is 18.8 Å². The minimum atomic E-state index is -0.708. The van der Waals surface area contributed by atoms with Crippen LogP contribution in [-0.2, 0) is 0 Å². The van der Waals surface area contributed by atoms with E-state index in [9.17, 15) is 5.11 Å². The van der Waals surface area contributed by atoms with Crippen molar-refractivity contribution >= 4 is 11.6 Å². The highest BCUT2D eigenvalue weighted by atomic mass is 35.5. The monoisotopic (exact) mass is 305 g/mol. The molecule has 2 unspecified atom stereocenters. The largest absolute Gasteiger partial charge is 0.497 e. The molecule has 0 heterocycles. The summed E-state index contributed by atoms with van der Waals surface area (Å²) in [5.41, 5.74) is 8.57. The summed E-state index contributed by atoms with van der Waals surface area (Å²) in [6.07, 6.45) is -0.708. The molecule has 2 aromatic rings. The van der Waals surface area contributed by atoms with E-state index in [2.05, 4.69) is 0 Å². The van der Waals surface area contributed by atoms with Gasteiger partial charge >= 0.3 is 0 Å². The first-order chi connectivity index (χ1) is 10.1. The number of hydrogen-bond donors (Lipinski definition) is 2. The number of ether oxygens (including phenoxy) is 1. The zero-order valence-electron chi connectivity index (χ0n) is 12.2. The molecule has 0 radical (unpaired) electrons. The van der Waals surface area contributed by atoms with Gasteiger partial charge in [0.25, 0.3) is 0 Å². The lowest BCUT2D eigenvalue weighted by Crippen LogP contribution is -2.20. The molecule has 21 heavy (non-hydrogen) atoms. The molecular formula is C17H20ClNO2. The van der Waals surface area contributed by atoms with Gasteiger partial charge in [0.1, 0.15) is 5.75 Å². The summed E-state index contributed by atoms with van der Waals surface area (Å²) < 4.78 is 5.23. The topological polar surface area (TPSA) is 55.5 Å². The molecular weight excluding hydrogens is 286 g/mol. The summed E-state index contributed by atoms with van der Waals surface area (Å²) in [6, 6.07) is 13.2. The van der Waals surface area contributed by atoms with Gasteiger partial charge in [-0.3, -0.25) is 0 Å². The molecule has 0 amide bonds. The van der Waals surface area contributed by atoms with Crippen molar-refractivity contribution in [3.8, 4) is 5.75 Å². The van der Waals surface area contributed by atoms with Crippen molar-refractivity contribution in [1.82, 2.24) is 0 Å². The van der Waals surface area contributed by atoms with Gasteiger partial charge in [-0.25, -0.2) is 0 Å². The lowest BCUT2D eigenvalue weighted by molar-refractivity contribution is 0.147. The van der Waals surface area contributed by atoms with E-state index in [0.717, 1.165) is 22.4 Å². The predicted octanol–water partition coefficient (Wildman–Crippen LogP) is 3.43. The Balaban J connectivity index is 2.32. The van der Waals surface area contributed by atoms with Crippen LogP contribution in [0.5, 0.6) is 5.75 Å². The van der Waals surface area contributed by atoms with Crippen LogP contribution < -0.4 is 10.5 Å². The molecule has 3 nitrogen and oxygen atoms in total. The van der Waals surface area contributed by atoms with Gasteiger partial charge in [0.15, 0.2) is 0 Å². The molecule has 2 aromatic carbocycles. The second kappa shape index (κ2) is 6.94. The summed E-state index contributed by atoms with van der Waals surface area (Å²) in [7, 11) is 1.62. The molecule has 0 aliphatic carbocycles. The van der Waals surface area contributed by atoms with Gasteiger partial charge in [-0.1, -0.05) is 35.9 Å². The Morgan fingerprint density at radius 2 is 1.95 bits per heavy atom. The average molecular weight is 306 g/mol. The first kappa shape index (κ1) is 15.8. The van der Waals surface area contributed by atoms with Crippen molar-refractivity contribution in [2.45, 2.75) is 18.9 Å². The van der Waals surface area contributed by atoms with E-state index in [1.165, 1.54) is 0 Å². The van der Waals surface area contributed by atoms with Crippen LogP contribution in [0.1, 0.15) is 28.7 Å². The summed E-state index contributed by atoms with van der Waals surface area (Å²) >= 11 is 6.14. The molecule has 0 saturated heterocycles. The highest BCUT2D eigenvalue weighted by Gasteiger charge is 2.22. The van der Waals surface area contributed by atoms with Crippen molar-refractivity contribution < 1.29 is 9.84 Å². The highest BCUT2D eigenvalue weighted by molar-refractivity contribution is 6.31. The van der Waals surface area contributed by atoms with Gasteiger partial charge in [-0.15, -0.1) is 0 Å². The molecule has 0 bridgehead atoms. The van der Waals surface area contributed by atoms with E-state index in [4.69, 9.17) is 22.1 Å². The zero-order chi connectivity index (χ0) is 15.4. The maximum atomic E-state index is 10.6. The molecule has 0 fully saturated rings. The van der Waals surface area contributed by atoms with E-state index in [0.29, 0.717) is 11.6 Å². The van der Waals surface area contributed by atoms with Crippen LogP contribution in [0.4, 0.5) is 0 Å². The van der Waals surface area contributed by atoms with Gasteiger partial charge in [0.05, 0.1) is 13.2 Å². The number of nitrogens with two attached hydrogens (primary N) is 1. The van der Waals surface area contributed by atoms with E-state index in [-0.39, 0.29) is 5.92 Å². The van der Waals surface area contributed by atoms with Crippen LogP contribution >= 0.6 is 11.6 Å². The average Bonchev–Trinajstić information content (AvgIpc) is 2.51. The number of methoxy groups -OCH3 is 1. The van der Waals surface area contributed by atoms with Crippen molar-refractivity contribution in [3.63, 3.8) is 0 Å². The number of benzene rings is 2. The molecule has 2 atom stereocenters. The Morgan fingerprint density at radius 1 is 1.19 bits per heavy atom. The van der Waals surface area contributed by atoms with Crippen LogP contribution in [0.15, 0.2) is 42.5 Å². The van der Waals surface area contributed by atoms with Gasteiger partial charge in [0, 0.05) is 17.5 Å². The van der Waals surface area contributed by atoms with Crippen LogP contribution in [0.25, 0.3) is 0 Å². The Bertz CT molecular complexity index is 615. The van der Waals surface area contributed by atoms with Crippen molar-refractivity contribution in [2.24, 2.45) is 5.73 Å². The smallest absolute Gasteiger partial charge is 0.119 e. The van der Waals surface area contributed by atoms with Crippen molar-refractivity contribution in [2.75, 3.05) is 13.7 Å². The standard InChI is InChI=1S/C17H20ClNO2/c1-11-6-7-13(9-16(11)18)17(20)15(10-19)12-4-3-5-14(8-12)21-2/h3-9,15,17,20H,10,19H2,1-2H3. The first-order valence-electron chi connectivity index (χ1n) is 6.85. The normalized spacial score (nSPS) is 13.8. The van der Waals surface area contributed by atoms with Gasteiger partial charge in [-0.2, -0.15) is 0 Å². The molecule has 0 spiro atoms. The fourth-order valence-electron chi connectivity index (χ4n) is 2.34. The maximum Gasteiger partial charge on any atom is 0.119 e. The summed E-state index contributed by atoms with van der Waals surface area (Å²) in [5, 5.41) is 11.3. The van der Waals surface area contributed by atoms with E-state index >= 15 is 0 Å². The molecule has 112 valence electrons. The molecule has 3 N–H and O–H groups in total. The van der Waals surface area contributed by atoms with E-state index in [1.807, 2.05) is 43.3 Å². The summed E-state index contributed by atoms with van der Waals surface area (Å²) in [6.45, 7) is 2.26. The Kier molecular flexibility index (Phi) is 5.23. The third-order valence-corrected chi connectivity index (χ3v) is 4.10. The Hall–Kier alpha value is -1.55. The molecule has 0 aromatic heterocycles. The Morgan fingerprint density at radius 3 is 2.57 bits per heavy atom. The predicted molar refractivity (Wildman–Crippen MR) is 85.9 cm³/mol. The second-order valence-corrected chi connectivity index (χ2v) is 5.48. The number of aliphatic hydroxyl groups is 1. The lowest BCUT2D eigenvalue weighted by atomic mass is 9.89. The first-order valence-corrected chi connectivity index (χ1v) is 7.22. The number of hydrogen-bond acceptors (Lipinski definition) is 3. The van der Waals surface area contributed by atoms with Gasteiger partial charge < -0.3 is 15.6 Å². The number of rotatable bonds is 5. The molecule has 2 rings (SSSR count). The fourth-order valence-corrected chi connectivity index (χ4v) is 2.53. The van der Waals surface area contributed by atoms with Crippen LogP contribution in [0.2, 0.25) is 5.02 Å². The van der Waals surface area contributed by atoms with Crippen molar-refractivity contribution in [1.29, 1.82) is 0 Å². The molecule has 0 aliphatic heterocycles.